The number of hydrogen-bond acceptors (Lipinski definition) is 4. The van der Waals surface area contributed by atoms with E-state index >= 15 is 0 Å². The van der Waals surface area contributed by atoms with E-state index in [2.05, 4.69) is 4.98 Å². The van der Waals surface area contributed by atoms with Crippen LogP contribution in [-0.2, 0) is 0 Å². The second-order valence-corrected chi connectivity index (χ2v) is 2.99. The van der Waals surface area contributed by atoms with Gasteiger partial charge >= 0.3 is 5.97 Å². The molecule has 0 radical (unpaired) electrons. The van der Waals surface area contributed by atoms with Gasteiger partial charge in [0.1, 0.15) is 0 Å². The topological polar surface area (TPSA) is 61.2 Å². The van der Waals surface area contributed by atoms with Crippen LogP contribution in [0.15, 0.2) is 53.7 Å². The van der Waals surface area contributed by atoms with Crippen LogP contribution in [-0.4, -0.2) is 15.7 Å². The first kappa shape index (κ1) is 10.1. The normalized spacial score (nSPS) is 9.75. The predicted molar refractivity (Wildman–Crippen MR) is 55.8 cm³/mol. The first-order valence-electron chi connectivity index (χ1n) is 4.58. The molecule has 0 aliphatic heterocycles. The fourth-order valence-corrected chi connectivity index (χ4v) is 1.11. The second kappa shape index (κ2) is 4.39. The van der Waals surface area contributed by atoms with Crippen molar-refractivity contribution in [3.05, 3.63) is 64.8 Å². The molecule has 0 amide bonds. The Bertz CT molecular complexity index is 548. The van der Waals surface area contributed by atoms with Gasteiger partial charge in [-0.25, -0.2) is 4.79 Å². The van der Waals surface area contributed by atoms with E-state index in [1.165, 1.54) is 18.5 Å². The van der Waals surface area contributed by atoms with Gasteiger partial charge in [0, 0.05) is 24.7 Å². The third-order valence-electron chi connectivity index (χ3n) is 1.87. The Morgan fingerprint density at radius 2 is 2.12 bits per heavy atom. The van der Waals surface area contributed by atoms with Crippen LogP contribution in [0.4, 0.5) is 0 Å². The molecule has 16 heavy (non-hydrogen) atoms. The van der Waals surface area contributed by atoms with Gasteiger partial charge in [0.05, 0.1) is 5.56 Å². The Hall–Kier alpha value is -2.43. The summed E-state index contributed by atoms with van der Waals surface area (Å²) in [6.07, 6.45) is 4.29. The van der Waals surface area contributed by atoms with Gasteiger partial charge in [-0.3, -0.25) is 9.78 Å². The summed E-state index contributed by atoms with van der Waals surface area (Å²) >= 11 is 0. The van der Waals surface area contributed by atoms with Crippen LogP contribution in [0.3, 0.4) is 0 Å². The smallest absolute Gasteiger partial charge is 0.328 e. The highest BCUT2D eigenvalue weighted by atomic mass is 16.7. The number of nitrogens with zero attached hydrogens (tertiary/aromatic N) is 2. The zero-order valence-corrected chi connectivity index (χ0v) is 8.24. The molecule has 0 unspecified atom stereocenters. The van der Waals surface area contributed by atoms with E-state index < -0.39 is 11.5 Å². The predicted octanol–water partition coefficient (Wildman–Crippen LogP) is 0.512. The van der Waals surface area contributed by atoms with Crippen molar-refractivity contribution in [3.8, 4) is 0 Å². The summed E-state index contributed by atoms with van der Waals surface area (Å²) in [5.41, 5.74) is -0.113. The molecule has 5 heteroatoms. The fraction of sp³-hybridized carbons (Fsp3) is 0. The van der Waals surface area contributed by atoms with Gasteiger partial charge in [-0.1, -0.05) is 6.07 Å². The first-order chi connectivity index (χ1) is 7.77. The van der Waals surface area contributed by atoms with Crippen molar-refractivity contribution >= 4 is 5.97 Å². The molecule has 0 aliphatic rings. The van der Waals surface area contributed by atoms with E-state index in [0.29, 0.717) is 5.56 Å². The third-order valence-corrected chi connectivity index (χ3v) is 1.87. The van der Waals surface area contributed by atoms with Crippen molar-refractivity contribution in [2.24, 2.45) is 0 Å². The SMILES string of the molecule is O=C(On1ccccc1=O)c1cccnc1. The highest BCUT2D eigenvalue weighted by molar-refractivity contribution is 5.89. The van der Waals surface area contributed by atoms with Crippen molar-refractivity contribution in [3.63, 3.8) is 0 Å². The molecule has 0 aliphatic carbocycles. The molecule has 0 bridgehead atoms. The first-order valence-corrected chi connectivity index (χ1v) is 4.58. The Balaban J connectivity index is 2.21. The zero-order chi connectivity index (χ0) is 11.4. The molecule has 0 N–H and O–H groups in total. The van der Waals surface area contributed by atoms with Crippen LogP contribution in [0.1, 0.15) is 10.4 Å². The van der Waals surface area contributed by atoms with Crippen LogP contribution in [0.5, 0.6) is 0 Å². The fourth-order valence-electron chi connectivity index (χ4n) is 1.11. The number of carbonyl (C=O) groups excluding carboxylic acids is 1. The van der Waals surface area contributed by atoms with Crippen molar-refractivity contribution in [2.45, 2.75) is 0 Å². The lowest BCUT2D eigenvalue weighted by molar-refractivity contribution is 0.0442. The molecule has 0 atom stereocenters. The summed E-state index contributed by atoms with van der Waals surface area (Å²) in [5, 5.41) is 0. The number of hydrogen-bond donors (Lipinski definition) is 0. The zero-order valence-electron chi connectivity index (χ0n) is 8.24. The maximum atomic E-state index is 11.5. The second-order valence-electron chi connectivity index (χ2n) is 2.99. The van der Waals surface area contributed by atoms with E-state index in [9.17, 15) is 9.59 Å². The van der Waals surface area contributed by atoms with Crippen molar-refractivity contribution < 1.29 is 9.63 Å². The van der Waals surface area contributed by atoms with Gasteiger partial charge < -0.3 is 4.84 Å². The lowest BCUT2D eigenvalue weighted by Gasteiger charge is -2.04. The summed E-state index contributed by atoms with van der Waals surface area (Å²) < 4.78 is 0.870. The summed E-state index contributed by atoms with van der Waals surface area (Å²) in [5.74, 6) is -0.624. The molecule has 0 saturated carbocycles. The molecule has 2 heterocycles. The summed E-state index contributed by atoms with van der Waals surface area (Å²) in [6.45, 7) is 0. The van der Waals surface area contributed by atoms with Crippen LogP contribution in [0.2, 0.25) is 0 Å². The largest absolute Gasteiger partial charge is 0.365 e. The summed E-state index contributed by atoms with van der Waals surface area (Å²) in [4.78, 5) is 31.4. The Labute approximate surface area is 90.9 Å². The minimum atomic E-state index is -0.624. The van der Waals surface area contributed by atoms with Gasteiger partial charge in [0.25, 0.3) is 5.56 Å². The minimum Gasteiger partial charge on any atom is -0.328 e. The molecule has 2 aromatic heterocycles. The number of aromatic nitrogens is 2. The Kier molecular flexibility index (Phi) is 2.77. The monoisotopic (exact) mass is 216 g/mol. The van der Waals surface area contributed by atoms with Gasteiger partial charge in [0.15, 0.2) is 0 Å². The average molecular weight is 216 g/mol. The van der Waals surface area contributed by atoms with E-state index in [1.807, 2.05) is 0 Å². The van der Waals surface area contributed by atoms with E-state index in [0.717, 1.165) is 4.73 Å². The highest BCUT2D eigenvalue weighted by Gasteiger charge is 2.08. The molecule has 5 nitrogen and oxygen atoms in total. The standard InChI is InChI=1S/C11H8N2O3/c14-10-5-1-2-7-13(10)16-11(15)9-4-3-6-12-8-9/h1-8H. The van der Waals surface area contributed by atoms with Gasteiger partial charge in [-0.05, 0) is 18.2 Å². The number of pyridine rings is 2. The van der Waals surface area contributed by atoms with Gasteiger partial charge in [-0.2, -0.15) is 0 Å². The van der Waals surface area contributed by atoms with Gasteiger partial charge in [0.2, 0.25) is 0 Å². The molecule has 0 fully saturated rings. The Morgan fingerprint density at radius 1 is 1.25 bits per heavy atom. The van der Waals surface area contributed by atoms with Crippen molar-refractivity contribution in [2.75, 3.05) is 0 Å². The molecular formula is C11H8N2O3. The molecule has 2 aromatic rings. The maximum Gasteiger partial charge on any atom is 0.365 e. The average Bonchev–Trinajstić information content (AvgIpc) is 2.33. The molecule has 80 valence electrons. The molecule has 0 saturated heterocycles. The van der Waals surface area contributed by atoms with E-state index in [1.54, 1.807) is 30.5 Å². The van der Waals surface area contributed by atoms with Gasteiger partial charge in [-0.15, -0.1) is 4.73 Å². The Morgan fingerprint density at radius 3 is 2.81 bits per heavy atom. The minimum absolute atomic E-state index is 0.290. The molecular weight excluding hydrogens is 208 g/mol. The maximum absolute atomic E-state index is 11.5. The van der Waals surface area contributed by atoms with Crippen LogP contribution in [0.25, 0.3) is 0 Å². The van der Waals surface area contributed by atoms with Crippen LogP contribution in [0, 0.1) is 0 Å². The van der Waals surface area contributed by atoms with Crippen molar-refractivity contribution in [1.82, 2.24) is 9.71 Å². The lowest BCUT2D eigenvalue weighted by atomic mass is 10.3. The molecule has 0 aromatic carbocycles. The molecule has 2 rings (SSSR count). The summed E-state index contributed by atoms with van der Waals surface area (Å²) in [7, 11) is 0. The quantitative estimate of drug-likeness (QED) is 0.733. The third kappa shape index (κ3) is 2.14. The van der Waals surface area contributed by atoms with Crippen LogP contribution >= 0.6 is 0 Å². The highest BCUT2D eigenvalue weighted by Crippen LogP contribution is 1.96. The lowest BCUT2D eigenvalue weighted by Crippen LogP contribution is -2.29. The van der Waals surface area contributed by atoms with E-state index in [-0.39, 0.29) is 0 Å². The number of rotatable bonds is 2. The van der Waals surface area contributed by atoms with Crippen molar-refractivity contribution in [1.29, 1.82) is 0 Å². The van der Waals surface area contributed by atoms with E-state index in [4.69, 9.17) is 4.84 Å². The molecule has 0 spiro atoms. The number of carbonyl (C=O) groups is 1. The van der Waals surface area contributed by atoms with Crippen LogP contribution < -0.4 is 10.4 Å². The summed E-state index contributed by atoms with van der Waals surface area (Å²) in [6, 6.07) is 7.64.